The van der Waals surface area contributed by atoms with Crippen molar-refractivity contribution >= 4 is 29.7 Å². The summed E-state index contributed by atoms with van der Waals surface area (Å²) in [6, 6.07) is 8.02. The molecule has 1 saturated heterocycles. The van der Waals surface area contributed by atoms with Gasteiger partial charge in [0.25, 0.3) is 11.8 Å². The zero-order valence-electron chi connectivity index (χ0n) is 16.1. The molecule has 1 aliphatic rings. The van der Waals surface area contributed by atoms with E-state index in [4.69, 9.17) is 14.3 Å². The lowest BCUT2D eigenvalue weighted by atomic mass is 10.1. The maximum Gasteiger partial charge on any atom is 0.378 e. The first kappa shape index (κ1) is 22.1. The van der Waals surface area contributed by atoms with Crippen molar-refractivity contribution in [1.29, 1.82) is 0 Å². The third-order valence-electron chi connectivity index (χ3n) is 4.05. The van der Waals surface area contributed by atoms with E-state index in [2.05, 4.69) is 0 Å². The van der Waals surface area contributed by atoms with Gasteiger partial charge in [0.1, 0.15) is 0 Å². The second-order valence-electron chi connectivity index (χ2n) is 6.35. The summed E-state index contributed by atoms with van der Waals surface area (Å²) in [6.45, 7) is 2.23. The predicted molar refractivity (Wildman–Crippen MR) is 97.6 cm³/mol. The second kappa shape index (κ2) is 10.9. The molecule has 0 N–H and O–H groups in total. The molecular formula is C20H23NO8. The summed E-state index contributed by atoms with van der Waals surface area (Å²) in [4.78, 5) is 64.4. The third-order valence-corrected chi connectivity index (χ3v) is 4.05. The normalized spacial score (nSPS) is 14.4. The molecule has 0 spiro atoms. The lowest BCUT2D eigenvalue weighted by Crippen LogP contribution is -2.35. The smallest absolute Gasteiger partial charge is 0.378 e. The number of nitrogens with zero attached hydrogens (tertiary/aromatic N) is 1. The summed E-state index contributed by atoms with van der Waals surface area (Å²) in [7, 11) is 0. The van der Waals surface area contributed by atoms with E-state index in [9.17, 15) is 24.0 Å². The SMILES string of the molecule is CCCCOC(=O)CCC(=O)O[C@H](C(=O)ON1C(=O)CCC1=O)c1ccccc1. The van der Waals surface area contributed by atoms with Crippen LogP contribution in [0.5, 0.6) is 0 Å². The van der Waals surface area contributed by atoms with Crippen LogP contribution in [0, 0.1) is 0 Å². The molecule has 29 heavy (non-hydrogen) atoms. The Balaban J connectivity index is 1.98. The zero-order chi connectivity index (χ0) is 21.2. The van der Waals surface area contributed by atoms with Crippen LogP contribution in [-0.4, -0.2) is 41.4 Å². The van der Waals surface area contributed by atoms with Crippen LogP contribution < -0.4 is 0 Å². The monoisotopic (exact) mass is 405 g/mol. The van der Waals surface area contributed by atoms with E-state index in [1.54, 1.807) is 18.2 Å². The molecule has 156 valence electrons. The van der Waals surface area contributed by atoms with Gasteiger partial charge in [0.05, 0.1) is 19.4 Å². The van der Waals surface area contributed by atoms with Crippen molar-refractivity contribution in [2.75, 3.05) is 6.61 Å². The molecule has 1 atom stereocenters. The fourth-order valence-corrected chi connectivity index (χ4v) is 2.47. The van der Waals surface area contributed by atoms with Crippen LogP contribution in [0.25, 0.3) is 0 Å². The largest absolute Gasteiger partial charge is 0.466 e. The Morgan fingerprint density at radius 2 is 1.62 bits per heavy atom. The first-order valence-corrected chi connectivity index (χ1v) is 9.40. The van der Waals surface area contributed by atoms with E-state index >= 15 is 0 Å². The molecule has 1 aliphatic heterocycles. The number of rotatable bonds is 10. The Morgan fingerprint density at radius 1 is 1.00 bits per heavy atom. The zero-order valence-corrected chi connectivity index (χ0v) is 16.1. The number of hydroxylamine groups is 2. The number of benzene rings is 1. The molecule has 2 rings (SSSR count). The number of carbonyl (C=O) groups excluding carboxylic acids is 5. The average molecular weight is 405 g/mol. The van der Waals surface area contributed by atoms with Gasteiger partial charge in [-0.1, -0.05) is 43.7 Å². The summed E-state index contributed by atoms with van der Waals surface area (Å²) in [5.74, 6) is -3.73. The van der Waals surface area contributed by atoms with Crippen molar-refractivity contribution in [1.82, 2.24) is 5.06 Å². The Hall–Kier alpha value is -3.23. The number of esters is 2. The molecule has 1 aromatic carbocycles. The van der Waals surface area contributed by atoms with Crippen molar-refractivity contribution in [2.24, 2.45) is 0 Å². The van der Waals surface area contributed by atoms with E-state index in [1.165, 1.54) is 12.1 Å². The molecule has 0 bridgehead atoms. The minimum Gasteiger partial charge on any atom is -0.466 e. The lowest BCUT2D eigenvalue weighted by molar-refractivity contribution is -0.206. The molecule has 0 aromatic heterocycles. The van der Waals surface area contributed by atoms with Crippen LogP contribution in [0.2, 0.25) is 0 Å². The highest BCUT2D eigenvalue weighted by Gasteiger charge is 2.36. The fourth-order valence-electron chi connectivity index (χ4n) is 2.47. The van der Waals surface area contributed by atoms with Crippen molar-refractivity contribution in [3.05, 3.63) is 35.9 Å². The first-order chi connectivity index (χ1) is 13.9. The molecule has 9 heteroatoms. The minimum absolute atomic E-state index is 0.0535. The molecule has 1 fully saturated rings. The van der Waals surface area contributed by atoms with Gasteiger partial charge in [-0.05, 0) is 6.42 Å². The summed E-state index contributed by atoms with van der Waals surface area (Å²) < 4.78 is 10.1. The minimum atomic E-state index is -1.49. The molecule has 1 aromatic rings. The molecule has 0 radical (unpaired) electrons. The molecule has 9 nitrogen and oxygen atoms in total. The molecule has 1 heterocycles. The predicted octanol–water partition coefficient (Wildman–Crippen LogP) is 2.00. The van der Waals surface area contributed by atoms with Crippen LogP contribution >= 0.6 is 0 Å². The highest BCUT2D eigenvalue weighted by atomic mass is 16.7. The standard InChI is InChI=1S/C20H23NO8/c1-2-3-13-27-17(24)11-12-18(25)28-19(14-7-5-4-6-8-14)20(26)29-21-15(22)9-10-16(21)23/h4-8,19H,2-3,9-13H2,1H3/t19-/m0/s1. The first-order valence-electron chi connectivity index (χ1n) is 9.40. The molecule has 0 aliphatic carbocycles. The Bertz CT molecular complexity index is 745. The van der Waals surface area contributed by atoms with Gasteiger partial charge in [-0.15, -0.1) is 5.06 Å². The van der Waals surface area contributed by atoms with Crippen molar-refractivity contribution < 1.29 is 38.3 Å². The van der Waals surface area contributed by atoms with Crippen LogP contribution in [0.3, 0.4) is 0 Å². The van der Waals surface area contributed by atoms with Crippen molar-refractivity contribution in [3.8, 4) is 0 Å². The maximum atomic E-state index is 12.5. The number of hydrogen-bond donors (Lipinski definition) is 0. The Labute approximate surface area is 167 Å². The summed E-state index contributed by atoms with van der Waals surface area (Å²) in [6.07, 6.45) is -0.472. The van der Waals surface area contributed by atoms with E-state index in [-0.39, 0.29) is 32.3 Å². The van der Waals surface area contributed by atoms with Gasteiger partial charge in [0, 0.05) is 18.4 Å². The van der Waals surface area contributed by atoms with E-state index in [0.717, 1.165) is 12.8 Å². The Kier molecular flexibility index (Phi) is 8.32. The van der Waals surface area contributed by atoms with Crippen molar-refractivity contribution in [3.63, 3.8) is 0 Å². The second-order valence-corrected chi connectivity index (χ2v) is 6.35. The van der Waals surface area contributed by atoms with Crippen molar-refractivity contribution in [2.45, 2.75) is 51.6 Å². The van der Waals surface area contributed by atoms with Gasteiger partial charge in [0.2, 0.25) is 6.10 Å². The Morgan fingerprint density at radius 3 is 2.24 bits per heavy atom. The molecule has 0 unspecified atom stereocenters. The maximum absolute atomic E-state index is 12.5. The quantitative estimate of drug-likeness (QED) is 0.330. The highest BCUT2D eigenvalue weighted by molar-refractivity contribution is 6.01. The van der Waals surface area contributed by atoms with Gasteiger partial charge in [-0.25, -0.2) is 4.79 Å². The number of unbranched alkanes of at least 4 members (excludes halogenated alkanes) is 1. The third kappa shape index (κ3) is 6.70. The topological polar surface area (TPSA) is 116 Å². The van der Waals surface area contributed by atoms with Crippen LogP contribution in [0.15, 0.2) is 30.3 Å². The number of hydrogen-bond acceptors (Lipinski definition) is 8. The summed E-state index contributed by atoms with van der Waals surface area (Å²) in [5.41, 5.74) is 0.301. The number of imide groups is 1. The van der Waals surface area contributed by atoms with Gasteiger partial charge in [-0.2, -0.15) is 0 Å². The van der Waals surface area contributed by atoms with Crippen LogP contribution in [0.1, 0.15) is 57.1 Å². The van der Waals surface area contributed by atoms with Gasteiger partial charge < -0.3 is 14.3 Å². The van der Waals surface area contributed by atoms with Gasteiger partial charge in [0.15, 0.2) is 0 Å². The number of carbonyl (C=O) groups is 5. The van der Waals surface area contributed by atoms with E-state index in [1.807, 2.05) is 6.92 Å². The molecule has 2 amide bonds. The summed E-state index contributed by atoms with van der Waals surface area (Å²) in [5, 5.41) is 0.386. The molecular weight excluding hydrogens is 382 g/mol. The fraction of sp³-hybridized carbons (Fsp3) is 0.450. The highest BCUT2D eigenvalue weighted by Crippen LogP contribution is 2.22. The van der Waals surface area contributed by atoms with E-state index in [0.29, 0.717) is 10.6 Å². The van der Waals surface area contributed by atoms with Gasteiger partial charge in [-0.3, -0.25) is 19.2 Å². The van der Waals surface area contributed by atoms with Crippen LogP contribution in [-0.2, 0) is 38.3 Å². The van der Waals surface area contributed by atoms with Crippen LogP contribution in [0.4, 0.5) is 0 Å². The lowest BCUT2D eigenvalue weighted by Gasteiger charge is -2.19. The molecule has 0 saturated carbocycles. The number of amides is 2. The average Bonchev–Trinajstić information content (AvgIpc) is 3.03. The summed E-state index contributed by atoms with van der Waals surface area (Å²) >= 11 is 0. The number of ether oxygens (including phenoxy) is 2. The van der Waals surface area contributed by atoms with Gasteiger partial charge >= 0.3 is 17.9 Å². The van der Waals surface area contributed by atoms with E-state index < -0.39 is 35.8 Å².